The van der Waals surface area contributed by atoms with Crippen LogP contribution in [0.3, 0.4) is 0 Å². The quantitative estimate of drug-likeness (QED) is 0.786. The molecule has 1 heterocycles. The van der Waals surface area contributed by atoms with Crippen molar-refractivity contribution in [2.24, 2.45) is 0 Å². The number of hydrogen-bond donors (Lipinski definition) is 1. The number of piperidine rings is 1. The van der Waals surface area contributed by atoms with Gasteiger partial charge in [0.05, 0.1) is 12.0 Å². The largest absolute Gasteiger partial charge is 0.338 e. The number of halogens is 1. The van der Waals surface area contributed by atoms with Crippen LogP contribution in [0.15, 0.2) is 29.2 Å². The molecule has 1 aromatic carbocycles. The zero-order valence-electron chi connectivity index (χ0n) is 13.0. The summed E-state index contributed by atoms with van der Waals surface area (Å²) in [6, 6.07) is 5.93. The van der Waals surface area contributed by atoms with E-state index in [-0.39, 0.29) is 30.1 Å². The molecule has 1 aliphatic heterocycles. The Morgan fingerprint density at radius 2 is 2.04 bits per heavy atom. The van der Waals surface area contributed by atoms with E-state index >= 15 is 0 Å². The lowest BCUT2D eigenvalue weighted by Crippen LogP contribution is -2.49. The smallest absolute Gasteiger partial charge is 0.233 e. The van der Waals surface area contributed by atoms with Crippen LogP contribution in [0.5, 0.6) is 0 Å². The minimum atomic E-state index is -3.26. The summed E-state index contributed by atoms with van der Waals surface area (Å²) in [5, 5.41) is 0. The minimum Gasteiger partial charge on any atom is -0.338 e. The topological polar surface area (TPSA) is 66.5 Å². The second-order valence-electron chi connectivity index (χ2n) is 5.60. The first-order valence-electron chi connectivity index (χ1n) is 7.47. The predicted octanol–water partition coefficient (Wildman–Crippen LogP) is 1.85. The van der Waals surface area contributed by atoms with Crippen molar-refractivity contribution in [3.8, 4) is 0 Å². The summed E-state index contributed by atoms with van der Waals surface area (Å²) in [6.45, 7) is 0.907. The van der Waals surface area contributed by atoms with Gasteiger partial charge in [0, 0.05) is 24.0 Å². The Morgan fingerprint density at radius 3 is 2.70 bits per heavy atom. The molecule has 1 atom stereocenters. The van der Waals surface area contributed by atoms with Gasteiger partial charge >= 0.3 is 0 Å². The van der Waals surface area contributed by atoms with Crippen molar-refractivity contribution in [2.45, 2.75) is 30.2 Å². The second kappa shape index (κ2) is 8.12. The number of sulfonamides is 1. The molecule has 23 heavy (non-hydrogen) atoms. The van der Waals surface area contributed by atoms with Crippen molar-refractivity contribution in [1.29, 1.82) is 0 Å². The molecule has 0 aromatic heterocycles. The number of nitrogens with zero attached hydrogens (tertiary/aromatic N) is 1. The molecule has 0 aliphatic carbocycles. The second-order valence-corrected chi connectivity index (χ2v) is 8.48. The van der Waals surface area contributed by atoms with Gasteiger partial charge in [-0.05, 0) is 43.5 Å². The third kappa shape index (κ3) is 6.12. The third-order valence-corrected chi connectivity index (χ3v) is 5.39. The summed E-state index contributed by atoms with van der Waals surface area (Å²) in [6.07, 6.45) is 3.84. The van der Waals surface area contributed by atoms with E-state index in [0.29, 0.717) is 6.54 Å². The van der Waals surface area contributed by atoms with Crippen molar-refractivity contribution in [3.05, 3.63) is 30.1 Å². The summed E-state index contributed by atoms with van der Waals surface area (Å²) in [7, 11) is -3.26. The van der Waals surface area contributed by atoms with Crippen molar-refractivity contribution in [2.75, 3.05) is 25.1 Å². The van der Waals surface area contributed by atoms with Crippen molar-refractivity contribution < 1.29 is 17.6 Å². The molecule has 2 rings (SSSR count). The van der Waals surface area contributed by atoms with Gasteiger partial charge in [0.25, 0.3) is 0 Å². The van der Waals surface area contributed by atoms with Gasteiger partial charge in [0.2, 0.25) is 15.9 Å². The fourth-order valence-electron chi connectivity index (χ4n) is 2.55. The molecule has 0 bridgehead atoms. The fraction of sp³-hybridized carbons (Fsp3) is 0.533. The highest BCUT2D eigenvalue weighted by Gasteiger charge is 2.27. The summed E-state index contributed by atoms with van der Waals surface area (Å²) >= 11 is 1.36. The molecule has 1 amide bonds. The summed E-state index contributed by atoms with van der Waals surface area (Å²) in [5.74, 6) is -0.0518. The molecule has 1 N–H and O–H groups in total. The Bertz CT molecular complexity index is 635. The number of nitrogens with one attached hydrogen (secondary N) is 1. The molecule has 1 fully saturated rings. The lowest BCUT2D eigenvalue weighted by atomic mass is 10.0. The molecule has 1 saturated heterocycles. The summed E-state index contributed by atoms with van der Waals surface area (Å²) < 4.78 is 37.8. The van der Waals surface area contributed by atoms with Crippen molar-refractivity contribution in [1.82, 2.24) is 9.62 Å². The molecule has 0 spiro atoms. The highest BCUT2D eigenvalue weighted by molar-refractivity contribution is 8.00. The van der Waals surface area contributed by atoms with E-state index in [9.17, 15) is 17.6 Å². The minimum absolute atomic E-state index is 0.0145. The molecule has 0 saturated carbocycles. The number of rotatable bonds is 6. The van der Waals surface area contributed by atoms with Gasteiger partial charge in [-0.1, -0.05) is 0 Å². The molecule has 1 aliphatic rings. The third-order valence-electron chi connectivity index (χ3n) is 3.70. The number of likely N-dealkylation sites (tertiary alicyclic amines) is 1. The van der Waals surface area contributed by atoms with Gasteiger partial charge < -0.3 is 4.90 Å². The SMILES string of the molecule is CS(=O)(=O)NCC1CCCCN1C(=O)CSc1ccc(F)cc1. The fourth-order valence-corrected chi connectivity index (χ4v) is 3.83. The van der Waals surface area contributed by atoms with E-state index in [1.165, 1.54) is 23.9 Å². The maximum absolute atomic E-state index is 12.9. The van der Waals surface area contributed by atoms with Crippen LogP contribution in [-0.4, -0.2) is 50.4 Å². The number of carbonyl (C=O) groups is 1. The number of amides is 1. The average molecular weight is 360 g/mol. The van der Waals surface area contributed by atoms with Crippen molar-refractivity contribution >= 4 is 27.7 Å². The molecule has 0 radical (unpaired) electrons. The van der Waals surface area contributed by atoms with Crippen LogP contribution in [0.2, 0.25) is 0 Å². The van der Waals surface area contributed by atoms with Gasteiger partial charge in [-0.3, -0.25) is 4.79 Å². The number of thioether (sulfide) groups is 1. The number of benzene rings is 1. The maximum atomic E-state index is 12.9. The Balaban J connectivity index is 1.90. The zero-order valence-corrected chi connectivity index (χ0v) is 14.6. The monoisotopic (exact) mass is 360 g/mol. The van der Waals surface area contributed by atoms with Crippen LogP contribution in [-0.2, 0) is 14.8 Å². The van der Waals surface area contributed by atoms with Crippen LogP contribution >= 0.6 is 11.8 Å². The first kappa shape index (κ1) is 18.2. The molecule has 1 aromatic rings. The highest BCUT2D eigenvalue weighted by Crippen LogP contribution is 2.22. The normalized spacial score (nSPS) is 18.9. The number of hydrogen-bond acceptors (Lipinski definition) is 4. The lowest BCUT2D eigenvalue weighted by Gasteiger charge is -2.35. The molecular formula is C15H21FN2O3S2. The average Bonchev–Trinajstić information content (AvgIpc) is 2.52. The molecule has 8 heteroatoms. The van der Waals surface area contributed by atoms with E-state index in [1.54, 1.807) is 17.0 Å². The van der Waals surface area contributed by atoms with Crippen molar-refractivity contribution in [3.63, 3.8) is 0 Å². The van der Waals surface area contributed by atoms with Gasteiger partial charge in [0.15, 0.2) is 0 Å². The summed E-state index contributed by atoms with van der Waals surface area (Å²) in [4.78, 5) is 15.0. The van der Waals surface area contributed by atoms with E-state index in [2.05, 4.69) is 4.72 Å². The molecule has 128 valence electrons. The van der Waals surface area contributed by atoms with Crippen LogP contribution in [0.1, 0.15) is 19.3 Å². The first-order chi connectivity index (χ1) is 10.8. The molecule has 1 unspecified atom stereocenters. The lowest BCUT2D eigenvalue weighted by molar-refractivity contribution is -0.131. The molecular weight excluding hydrogens is 339 g/mol. The number of carbonyl (C=O) groups excluding carboxylic acids is 1. The van der Waals surface area contributed by atoms with Gasteiger partial charge in [0.1, 0.15) is 5.82 Å². The van der Waals surface area contributed by atoms with E-state index in [0.717, 1.165) is 30.4 Å². The Morgan fingerprint density at radius 1 is 1.35 bits per heavy atom. The maximum Gasteiger partial charge on any atom is 0.233 e. The van der Waals surface area contributed by atoms with Gasteiger partial charge in [-0.15, -0.1) is 11.8 Å². The highest BCUT2D eigenvalue weighted by atomic mass is 32.2. The van der Waals surface area contributed by atoms with Gasteiger partial charge in [-0.25, -0.2) is 17.5 Å². The first-order valence-corrected chi connectivity index (χ1v) is 10.4. The molecule has 5 nitrogen and oxygen atoms in total. The summed E-state index contributed by atoms with van der Waals surface area (Å²) in [5.41, 5.74) is 0. The van der Waals surface area contributed by atoms with Gasteiger partial charge in [-0.2, -0.15) is 0 Å². The predicted molar refractivity (Wildman–Crippen MR) is 89.3 cm³/mol. The van der Waals surface area contributed by atoms with Crippen LogP contribution in [0.25, 0.3) is 0 Å². The van der Waals surface area contributed by atoms with Crippen LogP contribution in [0, 0.1) is 5.82 Å². The van der Waals surface area contributed by atoms with E-state index in [4.69, 9.17) is 0 Å². The Hall–Kier alpha value is -1.12. The zero-order chi connectivity index (χ0) is 16.9. The van der Waals surface area contributed by atoms with Crippen LogP contribution < -0.4 is 4.72 Å². The van der Waals surface area contributed by atoms with E-state index < -0.39 is 10.0 Å². The Labute approximate surface area is 140 Å². The van der Waals surface area contributed by atoms with E-state index in [1.807, 2.05) is 0 Å². The standard InChI is InChI=1S/C15H21FN2O3S2/c1-23(20,21)17-10-13-4-2-3-9-18(13)15(19)11-22-14-7-5-12(16)6-8-14/h5-8,13,17H,2-4,9-11H2,1H3. The van der Waals surface area contributed by atoms with Crippen LogP contribution in [0.4, 0.5) is 4.39 Å². The Kier molecular flexibility index (Phi) is 6.43.